The van der Waals surface area contributed by atoms with Crippen molar-refractivity contribution in [2.45, 2.75) is 26.3 Å². The van der Waals surface area contributed by atoms with Gasteiger partial charge in [0.1, 0.15) is 0 Å². The van der Waals surface area contributed by atoms with Gasteiger partial charge in [-0.05, 0) is 18.6 Å². The van der Waals surface area contributed by atoms with Gasteiger partial charge in [-0.2, -0.15) is 0 Å². The molecule has 0 saturated heterocycles. The van der Waals surface area contributed by atoms with Crippen LogP contribution in [0.5, 0.6) is 0 Å². The number of hydrogen-bond acceptors (Lipinski definition) is 5. The number of carbonyl (C=O) groups is 1. The number of amides is 1. The summed E-state index contributed by atoms with van der Waals surface area (Å²) in [5.74, 6) is -0.156. The standard InChI is InChI=1S/C17H16ClN3O2S2/c1-11-10-24-17(23)21(11)7-6-15(22)20-16-19-9-13(25-16)8-12-4-2-3-5-14(12)18/h2-5,9-10H,6-8H2,1H3,(H,19,20,22). The number of carbonyl (C=O) groups excluding carboxylic acids is 1. The van der Waals surface area contributed by atoms with Crippen molar-refractivity contribution < 1.29 is 4.79 Å². The molecule has 0 unspecified atom stereocenters. The molecule has 8 heteroatoms. The number of nitrogens with one attached hydrogen (secondary N) is 1. The third kappa shape index (κ3) is 4.56. The predicted octanol–water partition coefficient (Wildman–Crippen LogP) is 3.95. The molecule has 1 amide bonds. The fourth-order valence-corrected chi connectivity index (χ4v) is 4.16. The molecule has 0 aliphatic carbocycles. The number of rotatable bonds is 6. The van der Waals surface area contributed by atoms with Crippen LogP contribution >= 0.6 is 34.3 Å². The number of benzene rings is 1. The number of nitrogens with zero attached hydrogens (tertiary/aromatic N) is 2. The lowest BCUT2D eigenvalue weighted by atomic mass is 10.1. The van der Waals surface area contributed by atoms with Gasteiger partial charge < -0.3 is 9.88 Å². The first-order valence-electron chi connectivity index (χ1n) is 7.66. The maximum absolute atomic E-state index is 12.1. The molecule has 0 aliphatic heterocycles. The van der Waals surface area contributed by atoms with Gasteiger partial charge in [0.2, 0.25) is 5.91 Å². The molecule has 0 aliphatic rings. The molecular weight excluding hydrogens is 378 g/mol. The van der Waals surface area contributed by atoms with Gasteiger partial charge in [0.15, 0.2) is 5.13 Å². The Bertz CT molecular complexity index is 945. The zero-order valence-corrected chi connectivity index (χ0v) is 15.9. The predicted molar refractivity (Wildman–Crippen MR) is 103 cm³/mol. The summed E-state index contributed by atoms with van der Waals surface area (Å²) in [4.78, 5) is 28.9. The average Bonchev–Trinajstić information content (AvgIpc) is 3.15. The zero-order chi connectivity index (χ0) is 17.8. The molecule has 2 heterocycles. The smallest absolute Gasteiger partial charge is 0.303 e. The van der Waals surface area contributed by atoms with Crippen LogP contribution in [0, 0.1) is 6.92 Å². The van der Waals surface area contributed by atoms with Crippen molar-refractivity contribution in [3.05, 3.63) is 66.7 Å². The van der Waals surface area contributed by atoms with E-state index in [9.17, 15) is 9.59 Å². The molecule has 0 bridgehead atoms. The highest BCUT2D eigenvalue weighted by Gasteiger charge is 2.10. The summed E-state index contributed by atoms with van der Waals surface area (Å²) in [5, 5.41) is 5.86. The Morgan fingerprint density at radius 3 is 2.88 bits per heavy atom. The molecular formula is C17H16ClN3O2S2. The normalized spacial score (nSPS) is 10.8. The molecule has 25 heavy (non-hydrogen) atoms. The molecule has 5 nitrogen and oxygen atoms in total. The monoisotopic (exact) mass is 393 g/mol. The largest absolute Gasteiger partial charge is 0.307 e. The zero-order valence-electron chi connectivity index (χ0n) is 13.5. The van der Waals surface area contributed by atoms with E-state index < -0.39 is 0 Å². The molecule has 1 aromatic carbocycles. The summed E-state index contributed by atoms with van der Waals surface area (Å²) in [5.41, 5.74) is 1.90. The fourth-order valence-electron chi connectivity index (χ4n) is 2.35. The number of aryl methyl sites for hydroxylation is 1. The third-order valence-corrected chi connectivity index (χ3v) is 5.82. The highest BCUT2D eigenvalue weighted by atomic mass is 35.5. The first-order valence-corrected chi connectivity index (χ1v) is 9.73. The summed E-state index contributed by atoms with van der Waals surface area (Å²) in [6.07, 6.45) is 2.66. The highest BCUT2D eigenvalue weighted by molar-refractivity contribution is 7.15. The van der Waals surface area contributed by atoms with Crippen LogP contribution < -0.4 is 10.2 Å². The van der Waals surface area contributed by atoms with Crippen molar-refractivity contribution in [3.8, 4) is 0 Å². The SMILES string of the molecule is Cc1csc(=O)n1CCC(=O)Nc1ncc(Cc2ccccc2Cl)s1. The lowest BCUT2D eigenvalue weighted by Gasteiger charge is -2.04. The number of thiazole rings is 2. The quantitative estimate of drug-likeness (QED) is 0.689. The summed E-state index contributed by atoms with van der Waals surface area (Å²) < 4.78 is 1.61. The number of hydrogen-bond donors (Lipinski definition) is 1. The van der Waals surface area contributed by atoms with E-state index in [1.165, 1.54) is 11.3 Å². The first kappa shape index (κ1) is 17.8. The van der Waals surface area contributed by atoms with Gasteiger partial charge in [-0.25, -0.2) is 4.98 Å². The van der Waals surface area contributed by atoms with Gasteiger partial charge in [0.25, 0.3) is 0 Å². The maximum atomic E-state index is 12.1. The molecule has 0 fully saturated rings. The van der Waals surface area contributed by atoms with E-state index in [1.54, 1.807) is 16.1 Å². The summed E-state index contributed by atoms with van der Waals surface area (Å²) in [6.45, 7) is 2.23. The van der Waals surface area contributed by atoms with Crippen LogP contribution in [0.15, 0.2) is 40.6 Å². The summed E-state index contributed by atoms with van der Waals surface area (Å²) in [6, 6.07) is 7.67. The first-order chi connectivity index (χ1) is 12.0. The van der Waals surface area contributed by atoms with Crippen molar-refractivity contribution >= 4 is 45.3 Å². The van der Waals surface area contributed by atoms with Crippen molar-refractivity contribution in [2.24, 2.45) is 0 Å². The molecule has 0 atom stereocenters. The van der Waals surface area contributed by atoms with Crippen LogP contribution in [0.2, 0.25) is 5.02 Å². The van der Waals surface area contributed by atoms with Gasteiger partial charge in [-0.1, -0.05) is 41.1 Å². The fraction of sp³-hybridized carbons (Fsp3) is 0.235. The second kappa shape index (κ2) is 7.95. The highest BCUT2D eigenvalue weighted by Crippen LogP contribution is 2.24. The van der Waals surface area contributed by atoms with Gasteiger partial charge >= 0.3 is 4.87 Å². The summed E-state index contributed by atoms with van der Waals surface area (Å²) in [7, 11) is 0. The minimum atomic E-state index is -0.156. The van der Waals surface area contributed by atoms with Crippen LogP contribution in [0.4, 0.5) is 5.13 Å². The number of aromatic nitrogens is 2. The van der Waals surface area contributed by atoms with E-state index in [0.29, 0.717) is 18.1 Å². The Morgan fingerprint density at radius 1 is 1.36 bits per heavy atom. The molecule has 3 rings (SSSR count). The second-order valence-corrected chi connectivity index (χ2v) is 7.84. The topological polar surface area (TPSA) is 64.0 Å². The minimum Gasteiger partial charge on any atom is -0.303 e. The van der Waals surface area contributed by atoms with Crippen LogP contribution in [0.25, 0.3) is 0 Å². The van der Waals surface area contributed by atoms with Gasteiger partial charge in [0, 0.05) is 46.6 Å². The second-order valence-electron chi connectivity index (χ2n) is 5.49. The van der Waals surface area contributed by atoms with E-state index >= 15 is 0 Å². The molecule has 0 spiro atoms. The number of anilines is 1. The molecule has 2 aromatic heterocycles. The van der Waals surface area contributed by atoms with Crippen LogP contribution in [0.3, 0.4) is 0 Å². The van der Waals surface area contributed by atoms with Crippen molar-refractivity contribution in [2.75, 3.05) is 5.32 Å². The van der Waals surface area contributed by atoms with Crippen molar-refractivity contribution in [1.82, 2.24) is 9.55 Å². The van der Waals surface area contributed by atoms with Crippen LogP contribution in [0.1, 0.15) is 22.6 Å². The Hall–Kier alpha value is -1.96. The van der Waals surface area contributed by atoms with E-state index in [4.69, 9.17) is 11.6 Å². The Balaban J connectivity index is 1.57. The molecule has 3 aromatic rings. The van der Waals surface area contributed by atoms with Crippen LogP contribution in [-0.2, 0) is 17.8 Å². The van der Waals surface area contributed by atoms with Gasteiger partial charge in [0.05, 0.1) is 0 Å². The van der Waals surface area contributed by atoms with Gasteiger partial charge in [-0.3, -0.25) is 9.59 Å². The van der Waals surface area contributed by atoms with E-state index in [0.717, 1.165) is 32.5 Å². The lowest BCUT2D eigenvalue weighted by molar-refractivity contribution is -0.116. The lowest BCUT2D eigenvalue weighted by Crippen LogP contribution is -2.20. The van der Waals surface area contributed by atoms with E-state index in [-0.39, 0.29) is 17.2 Å². The maximum Gasteiger partial charge on any atom is 0.307 e. The Kier molecular flexibility index (Phi) is 5.67. The van der Waals surface area contributed by atoms with Crippen LogP contribution in [-0.4, -0.2) is 15.5 Å². The molecule has 0 saturated carbocycles. The van der Waals surface area contributed by atoms with E-state index in [1.807, 2.05) is 31.2 Å². The summed E-state index contributed by atoms with van der Waals surface area (Å²) >= 11 is 8.74. The van der Waals surface area contributed by atoms with E-state index in [2.05, 4.69) is 10.3 Å². The Labute approximate surface area is 157 Å². The molecule has 0 radical (unpaired) electrons. The van der Waals surface area contributed by atoms with Gasteiger partial charge in [-0.15, -0.1) is 11.3 Å². The average molecular weight is 394 g/mol. The van der Waals surface area contributed by atoms with Crippen molar-refractivity contribution in [1.29, 1.82) is 0 Å². The van der Waals surface area contributed by atoms with Crippen molar-refractivity contribution in [3.63, 3.8) is 0 Å². The third-order valence-electron chi connectivity index (χ3n) is 3.66. The molecule has 1 N–H and O–H groups in total. The number of halogens is 1. The molecule has 130 valence electrons. The Morgan fingerprint density at radius 2 is 2.16 bits per heavy atom. The minimum absolute atomic E-state index is 0.0402.